The van der Waals surface area contributed by atoms with Gasteiger partial charge in [-0.25, -0.2) is 4.79 Å². The third-order valence-corrected chi connectivity index (χ3v) is 1.95. The molecule has 0 bridgehead atoms. The van der Waals surface area contributed by atoms with Crippen LogP contribution in [0.15, 0.2) is 22.8 Å². The Bertz CT molecular complexity index is 299. The van der Waals surface area contributed by atoms with Gasteiger partial charge in [0, 0.05) is 22.8 Å². The molecule has 4 nitrogen and oxygen atoms in total. The Morgan fingerprint density at radius 1 is 1.62 bits per heavy atom. The van der Waals surface area contributed by atoms with Crippen molar-refractivity contribution in [2.45, 2.75) is 12.5 Å². The number of carboxylic acid groups (broad SMARTS) is 1. The highest BCUT2D eigenvalue weighted by Crippen LogP contribution is 2.08. The van der Waals surface area contributed by atoms with Gasteiger partial charge < -0.3 is 10.2 Å². The molecule has 13 heavy (non-hydrogen) atoms. The number of carbonyl (C=O) groups is 1. The lowest BCUT2D eigenvalue weighted by Crippen LogP contribution is -2.22. The molecular weight excluding hydrogens is 238 g/mol. The van der Waals surface area contributed by atoms with Crippen molar-refractivity contribution in [3.8, 4) is 0 Å². The molecule has 5 heteroatoms. The van der Waals surface area contributed by atoms with Crippen LogP contribution in [0.2, 0.25) is 0 Å². The van der Waals surface area contributed by atoms with E-state index in [1.165, 1.54) is 0 Å². The molecule has 1 rings (SSSR count). The highest BCUT2D eigenvalue weighted by molar-refractivity contribution is 9.10. The molecule has 2 N–H and O–H groups in total. The second-order valence-corrected chi connectivity index (χ2v) is 3.44. The number of aliphatic hydroxyl groups excluding tert-OH is 1. The van der Waals surface area contributed by atoms with Crippen LogP contribution in [0.5, 0.6) is 0 Å². The fraction of sp³-hybridized carbons (Fsp3) is 0.250. The molecule has 0 aromatic carbocycles. The Hall–Kier alpha value is -0.940. The van der Waals surface area contributed by atoms with E-state index >= 15 is 0 Å². The van der Waals surface area contributed by atoms with Crippen molar-refractivity contribution in [2.24, 2.45) is 0 Å². The number of hydrogen-bond acceptors (Lipinski definition) is 3. The summed E-state index contributed by atoms with van der Waals surface area (Å²) in [6.45, 7) is 0. The van der Waals surface area contributed by atoms with Crippen molar-refractivity contribution in [1.82, 2.24) is 4.98 Å². The quantitative estimate of drug-likeness (QED) is 0.828. The zero-order valence-corrected chi connectivity index (χ0v) is 8.23. The summed E-state index contributed by atoms with van der Waals surface area (Å²) in [5.74, 6) is -1.23. The van der Waals surface area contributed by atoms with Crippen LogP contribution in [0.3, 0.4) is 0 Å². The minimum absolute atomic E-state index is 0.0304. The molecule has 0 radical (unpaired) electrons. The van der Waals surface area contributed by atoms with E-state index in [1.54, 1.807) is 18.3 Å². The number of hydrogen-bond donors (Lipinski definition) is 2. The van der Waals surface area contributed by atoms with Crippen molar-refractivity contribution in [3.05, 3.63) is 28.5 Å². The van der Waals surface area contributed by atoms with Gasteiger partial charge in [0.15, 0.2) is 6.10 Å². The summed E-state index contributed by atoms with van der Waals surface area (Å²) in [6, 6.07) is 3.41. The first kappa shape index (κ1) is 10.1. The number of nitrogens with zero attached hydrogens (tertiary/aromatic N) is 1. The minimum atomic E-state index is -1.38. The van der Waals surface area contributed by atoms with Gasteiger partial charge in [-0.1, -0.05) is 0 Å². The van der Waals surface area contributed by atoms with Crippen molar-refractivity contribution < 1.29 is 15.0 Å². The number of carboxylic acids is 1. The molecule has 0 saturated heterocycles. The van der Waals surface area contributed by atoms with E-state index in [9.17, 15) is 4.79 Å². The molecule has 1 heterocycles. The van der Waals surface area contributed by atoms with E-state index in [-0.39, 0.29) is 6.42 Å². The van der Waals surface area contributed by atoms with Crippen LogP contribution in [0.4, 0.5) is 0 Å². The van der Waals surface area contributed by atoms with Crippen molar-refractivity contribution >= 4 is 21.9 Å². The van der Waals surface area contributed by atoms with E-state index in [0.717, 1.165) is 4.47 Å². The van der Waals surface area contributed by atoms with Gasteiger partial charge in [-0.3, -0.25) is 4.98 Å². The third-order valence-electron chi connectivity index (χ3n) is 1.48. The van der Waals surface area contributed by atoms with Crippen molar-refractivity contribution in [1.29, 1.82) is 0 Å². The predicted octanol–water partition coefficient (Wildman–Crippen LogP) is 0.832. The molecule has 1 atom stereocenters. The standard InChI is InChI=1S/C8H8BrNO3/c9-5-1-2-6(10-4-5)3-7(11)8(12)13/h1-2,4,7,11H,3H2,(H,12,13). The van der Waals surface area contributed by atoms with E-state index in [1.807, 2.05) is 0 Å². The van der Waals surface area contributed by atoms with Gasteiger partial charge in [-0.15, -0.1) is 0 Å². The normalized spacial score (nSPS) is 12.5. The maximum Gasteiger partial charge on any atom is 0.332 e. The van der Waals surface area contributed by atoms with E-state index < -0.39 is 12.1 Å². The molecule has 0 aliphatic rings. The first-order chi connectivity index (χ1) is 6.09. The molecule has 0 aliphatic heterocycles. The Labute approximate surface area is 83.4 Å². The van der Waals surface area contributed by atoms with Crippen LogP contribution in [-0.4, -0.2) is 27.3 Å². The summed E-state index contributed by atoms with van der Waals surface area (Å²) < 4.78 is 0.820. The maximum atomic E-state index is 10.3. The molecular formula is C8H8BrNO3. The highest BCUT2D eigenvalue weighted by atomic mass is 79.9. The van der Waals surface area contributed by atoms with Crippen LogP contribution in [0, 0.1) is 0 Å². The fourth-order valence-electron chi connectivity index (χ4n) is 0.813. The molecule has 0 amide bonds. The molecule has 70 valence electrons. The Kier molecular flexibility index (Phi) is 3.39. The van der Waals surface area contributed by atoms with E-state index in [2.05, 4.69) is 20.9 Å². The molecule has 0 spiro atoms. The lowest BCUT2D eigenvalue weighted by Gasteiger charge is -2.03. The van der Waals surface area contributed by atoms with Crippen LogP contribution >= 0.6 is 15.9 Å². The number of halogens is 1. The zero-order chi connectivity index (χ0) is 9.84. The Morgan fingerprint density at radius 3 is 2.77 bits per heavy atom. The predicted molar refractivity (Wildman–Crippen MR) is 49.3 cm³/mol. The van der Waals surface area contributed by atoms with Gasteiger partial charge in [0.25, 0.3) is 0 Å². The molecule has 0 fully saturated rings. The van der Waals surface area contributed by atoms with Gasteiger partial charge in [-0.05, 0) is 28.1 Å². The van der Waals surface area contributed by atoms with Crippen LogP contribution in [0.1, 0.15) is 5.69 Å². The summed E-state index contributed by atoms with van der Waals surface area (Å²) >= 11 is 3.20. The first-order valence-corrected chi connectivity index (χ1v) is 4.40. The second kappa shape index (κ2) is 4.34. The lowest BCUT2D eigenvalue weighted by molar-refractivity contribution is -0.146. The Balaban J connectivity index is 2.64. The lowest BCUT2D eigenvalue weighted by atomic mass is 10.2. The molecule has 0 saturated carbocycles. The first-order valence-electron chi connectivity index (χ1n) is 3.61. The average Bonchev–Trinajstić information content (AvgIpc) is 2.08. The topological polar surface area (TPSA) is 70.4 Å². The van der Waals surface area contributed by atoms with Gasteiger partial charge in [0.1, 0.15) is 0 Å². The monoisotopic (exact) mass is 245 g/mol. The fourth-order valence-corrected chi connectivity index (χ4v) is 1.05. The summed E-state index contributed by atoms with van der Waals surface area (Å²) in [5, 5.41) is 17.4. The molecule has 1 aromatic rings. The smallest absolute Gasteiger partial charge is 0.332 e. The van der Waals surface area contributed by atoms with Gasteiger partial charge in [0.05, 0.1) is 0 Å². The summed E-state index contributed by atoms with van der Waals surface area (Å²) in [4.78, 5) is 14.2. The summed E-state index contributed by atoms with van der Waals surface area (Å²) in [6.07, 6.45) is 0.209. The number of pyridine rings is 1. The van der Waals surface area contributed by atoms with Gasteiger partial charge in [-0.2, -0.15) is 0 Å². The van der Waals surface area contributed by atoms with Crippen LogP contribution in [0.25, 0.3) is 0 Å². The molecule has 0 aliphatic carbocycles. The maximum absolute atomic E-state index is 10.3. The van der Waals surface area contributed by atoms with E-state index in [4.69, 9.17) is 10.2 Å². The van der Waals surface area contributed by atoms with Crippen LogP contribution < -0.4 is 0 Å². The van der Waals surface area contributed by atoms with Gasteiger partial charge >= 0.3 is 5.97 Å². The third kappa shape index (κ3) is 3.12. The van der Waals surface area contributed by atoms with Gasteiger partial charge in [0.2, 0.25) is 0 Å². The zero-order valence-electron chi connectivity index (χ0n) is 6.64. The van der Waals surface area contributed by atoms with Crippen LogP contribution in [-0.2, 0) is 11.2 Å². The SMILES string of the molecule is O=C(O)C(O)Cc1ccc(Br)cn1. The number of aliphatic carboxylic acids is 1. The summed E-state index contributed by atoms with van der Waals surface area (Å²) in [7, 11) is 0. The average molecular weight is 246 g/mol. The van der Waals surface area contributed by atoms with Crippen molar-refractivity contribution in [2.75, 3.05) is 0 Å². The highest BCUT2D eigenvalue weighted by Gasteiger charge is 2.13. The summed E-state index contributed by atoms with van der Waals surface area (Å²) in [5.41, 5.74) is 0.554. The van der Waals surface area contributed by atoms with E-state index in [0.29, 0.717) is 5.69 Å². The second-order valence-electron chi connectivity index (χ2n) is 2.53. The minimum Gasteiger partial charge on any atom is -0.479 e. The largest absolute Gasteiger partial charge is 0.479 e. The molecule has 1 aromatic heterocycles. The number of aromatic nitrogens is 1. The number of aliphatic hydroxyl groups is 1. The molecule has 1 unspecified atom stereocenters. The number of rotatable bonds is 3. The Morgan fingerprint density at radius 2 is 2.31 bits per heavy atom. The van der Waals surface area contributed by atoms with Crippen molar-refractivity contribution in [3.63, 3.8) is 0 Å².